The summed E-state index contributed by atoms with van der Waals surface area (Å²) < 4.78 is 22.7. The molecule has 0 unspecified atom stereocenters. The van der Waals surface area contributed by atoms with Crippen molar-refractivity contribution in [3.8, 4) is 23.0 Å². The highest BCUT2D eigenvalue weighted by atomic mass is 79.9. The average Bonchev–Trinajstić information content (AvgIpc) is 3.08. The third kappa shape index (κ3) is 6.86. The first-order chi connectivity index (χ1) is 24.6. The molecule has 0 radical (unpaired) electrons. The molecule has 3 aromatic carbocycles. The van der Waals surface area contributed by atoms with E-state index < -0.39 is 41.0 Å². The first kappa shape index (κ1) is 40.5. The molecule has 12 nitrogen and oxygen atoms in total. The number of allylic oxidation sites excluding steroid dienone is 2. The lowest BCUT2D eigenvalue weighted by atomic mass is 9.87. The lowest BCUT2D eigenvalue weighted by Crippen LogP contribution is -2.47. The average molecular weight is 794 g/mol. The van der Waals surface area contributed by atoms with Gasteiger partial charge in [-0.25, -0.2) is 19.2 Å². The van der Waals surface area contributed by atoms with Crippen molar-refractivity contribution in [1.82, 2.24) is 0 Å². The van der Waals surface area contributed by atoms with Gasteiger partial charge in [0.2, 0.25) is 5.60 Å². The fraction of sp³-hybridized carbons (Fsp3) is 0.325. The number of carboxylic acid groups (broad SMARTS) is 1. The van der Waals surface area contributed by atoms with E-state index in [1.807, 2.05) is 6.92 Å². The number of carbonyl (C=O) groups excluding carboxylic acids is 4. The van der Waals surface area contributed by atoms with Crippen LogP contribution in [-0.2, 0) is 20.7 Å². The van der Waals surface area contributed by atoms with Gasteiger partial charge in [-0.2, -0.15) is 0 Å². The fourth-order valence-corrected chi connectivity index (χ4v) is 7.11. The number of aromatic hydroxyl groups is 1. The molecule has 0 aromatic heterocycles. The number of aliphatic hydroxyl groups is 1. The molecule has 0 heterocycles. The number of ketones is 1. The van der Waals surface area contributed by atoms with Crippen molar-refractivity contribution in [2.24, 2.45) is 0 Å². The van der Waals surface area contributed by atoms with Crippen LogP contribution in [0.15, 0.2) is 34.0 Å². The van der Waals surface area contributed by atoms with Gasteiger partial charge >= 0.3 is 23.9 Å². The predicted octanol–water partition coefficient (Wildman–Crippen LogP) is 7.02. The van der Waals surface area contributed by atoms with Gasteiger partial charge in [0.05, 0.1) is 22.7 Å². The summed E-state index contributed by atoms with van der Waals surface area (Å²) in [4.78, 5) is 64.7. The van der Waals surface area contributed by atoms with Crippen LogP contribution in [-0.4, -0.2) is 57.7 Å². The number of halogens is 1. The molecule has 0 amide bonds. The number of ether oxygens (including phenoxy) is 4. The molecule has 0 bridgehead atoms. The number of aryl methyl sites for hydroxylation is 1. The second kappa shape index (κ2) is 15.0. The molecule has 53 heavy (non-hydrogen) atoms. The number of carboxylic acids is 1. The molecule has 3 aromatic rings. The minimum Gasteiger partial charge on any atom is -0.507 e. The molecular weight excluding hydrogens is 752 g/mol. The smallest absolute Gasteiger partial charge is 0.356 e. The third-order valence-electron chi connectivity index (χ3n) is 9.91. The van der Waals surface area contributed by atoms with Gasteiger partial charge in [0.1, 0.15) is 34.3 Å². The molecule has 3 N–H and O–H groups in total. The van der Waals surface area contributed by atoms with E-state index in [1.54, 1.807) is 48.5 Å². The number of aromatic carboxylic acids is 1. The summed E-state index contributed by atoms with van der Waals surface area (Å²) >= 11 is 3.42. The van der Waals surface area contributed by atoms with Crippen LogP contribution >= 0.6 is 15.9 Å². The van der Waals surface area contributed by atoms with Crippen molar-refractivity contribution >= 4 is 45.6 Å². The second-order valence-electron chi connectivity index (χ2n) is 13.0. The quantitative estimate of drug-likeness (QED) is 0.149. The van der Waals surface area contributed by atoms with Crippen molar-refractivity contribution in [2.75, 3.05) is 7.11 Å². The number of hydrogen-bond donors (Lipinski definition) is 3. The maximum atomic E-state index is 13.8. The molecule has 0 spiro atoms. The van der Waals surface area contributed by atoms with E-state index in [4.69, 9.17) is 18.9 Å². The molecule has 13 heteroatoms. The summed E-state index contributed by atoms with van der Waals surface area (Å²) in [6.07, 6.45) is 2.49. The highest BCUT2D eigenvalue weighted by molar-refractivity contribution is 9.10. The first-order valence-corrected chi connectivity index (χ1v) is 17.3. The standard InChI is InChI=1S/C40H41BrO12/c1-12-26-22(8)30(36(44)45)18(4)20(6)34(26)52-37(46)29-16(2)13-27(23(9)33(29)43)51-38(47)31-19(5)21(7)35(32(41)24(31)10)53-39(48)40(49)17(3)14-25(42)15-28(40)50-11/h13-15,43,49H,12H2,1-11H3,(H,44,45)/t40-/m1/s1. The van der Waals surface area contributed by atoms with Gasteiger partial charge in [-0.3, -0.25) is 4.79 Å². The monoisotopic (exact) mass is 792 g/mol. The summed E-state index contributed by atoms with van der Waals surface area (Å²) in [5.41, 5.74) is 1.13. The molecule has 1 atom stereocenters. The maximum Gasteiger partial charge on any atom is 0.356 e. The lowest BCUT2D eigenvalue weighted by molar-refractivity contribution is -0.151. The van der Waals surface area contributed by atoms with E-state index in [0.717, 1.165) is 12.2 Å². The minimum absolute atomic E-state index is 0.00266. The van der Waals surface area contributed by atoms with Crippen molar-refractivity contribution in [3.05, 3.63) is 101 Å². The molecule has 0 saturated carbocycles. The molecule has 0 fully saturated rings. The van der Waals surface area contributed by atoms with E-state index >= 15 is 0 Å². The Balaban J connectivity index is 1.67. The number of hydrogen-bond acceptors (Lipinski definition) is 11. The first-order valence-electron chi connectivity index (χ1n) is 16.5. The van der Waals surface area contributed by atoms with Gasteiger partial charge in [-0.05, 0) is 147 Å². The zero-order valence-electron chi connectivity index (χ0n) is 31.3. The SMILES string of the molecule is CCc1c(C)c(C(=O)O)c(C)c(C)c1OC(=O)c1c(C)cc(OC(=O)c2c(C)c(C)c(OC(=O)[C@@]3(O)C(C)=CC(=O)C=C3OC)c(Br)c2C)c(C)c1O. The van der Waals surface area contributed by atoms with Crippen LogP contribution in [0.1, 0.15) is 95.0 Å². The normalized spacial score (nSPS) is 15.4. The maximum absolute atomic E-state index is 13.8. The Kier molecular flexibility index (Phi) is 11.5. The van der Waals surface area contributed by atoms with E-state index in [1.165, 1.54) is 27.0 Å². The highest BCUT2D eigenvalue weighted by Gasteiger charge is 2.48. The fourth-order valence-electron chi connectivity index (χ4n) is 6.53. The molecule has 1 aliphatic carbocycles. The van der Waals surface area contributed by atoms with Gasteiger partial charge in [0.15, 0.2) is 5.78 Å². The second-order valence-corrected chi connectivity index (χ2v) is 13.8. The molecule has 280 valence electrons. The Morgan fingerprint density at radius 2 is 1.30 bits per heavy atom. The molecule has 0 saturated heterocycles. The summed E-state index contributed by atoms with van der Waals surface area (Å²) in [6, 6.07) is 1.43. The van der Waals surface area contributed by atoms with Crippen LogP contribution in [0.25, 0.3) is 0 Å². The number of phenolic OH excluding ortho intramolecular Hbond substituents is 1. The number of phenols is 1. The van der Waals surface area contributed by atoms with Crippen LogP contribution in [0.2, 0.25) is 0 Å². The Hall–Kier alpha value is -5.27. The van der Waals surface area contributed by atoms with Gasteiger partial charge in [-0.15, -0.1) is 0 Å². The topological polar surface area (TPSA) is 183 Å². The minimum atomic E-state index is -2.37. The van der Waals surface area contributed by atoms with E-state index in [2.05, 4.69) is 15.9 Å². The molecule has 1 aliphatic rings. The highest BCUT2D eigenvalue weighted by Crippen LogP contribution is 2.42. The zero-order chi connectivity index (χ0) is 40.0. The summed E-state index contributed by atoms with van der Waals surface area (Å²) in [5, 5.41) is 32.3. The van der Waals surface area contributed by atoms with Crippen LogP contribution in [0.4, 0.5) is 0 Å². The number of benzene rings is 3. The van der Waals surface area contributed by atoms with E-state index in [-0.39, 0.29) is 60.9 Å². The number of methoxy groups -OCH3 is 1. The van der Waals surface area contributed by atoms with Gasteiger partial charge < -0.3 is 34.3 Å². The van der Waals surface area contributed by atoms with Crippen LogP contribution < -0.4 is 14.2 Å². The number of esters is 3. The molecule has 4 rings (SSSR count). The Bertz CT molecular complexity index is 2180. The number of rotatable bonds is 9. The van der Waals surface area contributed by atoms with E-state index in [9.17, 15) is 39.3 Å². The summed E-state index contributed by atoms with van der Waals surface area (Å²) in [7, 11) is 1.21. The molecular formula is C40H41BrO12. The van der Waals surface area contributed by atoms with Crippen molar-refractivity contribution in [1.29, 1.82) is 0 Å². The summed E-state index contributed by atoms with van der Waals surface area (Å²) in [5.74, 6) is -4.92. The largest absolute Gasteiger partial charge is 0.507 e. The predicted molar refractivity (Wildman–Crippen MR) is 197 cm³/mol. The molecule has 0 aliphatic heterocycles. The Morgan fingerprint density at radius 1 is 0.736 bits per heavy atom. The zero-order valence-corrected chi connectivity index (χ0v) is 32.9. The van der Waals surface area contributed by atoms with Crippen LogP contribution in [0.3, 0.4) is 0 Å². The van der Waals surface area contributed by atoms with Crippen LogP contribution in [0, 0.1) is 55.4 Å². The van der Waals surface area contributed by atoms with Gasteiger partial charge in [-0.1, -0.05) is 6.92 Å². The van der Waals surface area contributed by atoms with Crippen LogP contribution in [0.5, 0.6) is 23.0 Å². The van der Waals surface area contributed by atoms with Gasteiger partial charge in [0, 0.05) is 11.6 Å². The van der Waals surface area contributed by atoms with Crippen molar-refractivity contribution in [3.63, 3.8) is 0 Å². The lowest BCUT2D eigenvalue weighted by Gasteiger charge is -2.30. The summed E-state index contributed by atoms with van der Waals surface area (Å²) in [6.45, 7) is 16.0. The van der Waals surface area contributed by atoms with Crippen molar-refractivity contribution < 1.29 is 58.2 Å². The third-order valence-corrected chi connectivity index (χ3v) is 10.9. The Labute approximate surface area is 315 Å². The van der Waals surface area contributed by atoms with Crippen molar-refractivity contribution in [2.45, 2.75) is 81.3 Å². The number of carbonyl (C=O) groups is 5. The Morgan fingerprint density at radius 3 is 1.87 bits per heavy atom. The van der Waals surface area contributed by atoms with Gasteiger partial charge in [0.25, 0.3) is 0 Å². The van der Waals surface area contributed by atoms with E-state index in [0.29, 0.717) is 45.4 Å².